The van der Waals surface area contributed by atoms with Crippen molar-refractivity contribution in [3.8, 4) is 0 Å². The normalized spacial score (nSPS) is 25.0. The first-order chi connectivity index (χ1) is 13.8. The number of benzene rings is 1. The summed E-state index contributed by atoms with van der Waals surface area (Å²) in [4.78, 5) is 24.4. The number of methoxy groups -OCH3 is 1. The molecule has 7 nitrogen and oxygen atoms in total. The third-order valence-electron chi connectivity index (χ3n) is 6.06. The molecule has 1 aromatic rings. The van der Waals surface area contributed by atoms with Crippen molar-refractivity contribution in [3.05, 3.63) is 47.7 Å². The molecule has 1 aliphatic heterocycles. The Labute approximate surface area is 171 Å². The topological polar surface area (TPSA) is 83.1 Å². The van der Waals surface area contributed by atoms with Crippen LogP contribution in [0.15, 0.2) is 42.1 Å². The highest BCUT2D eigenvalue weighted by Gasteiger charge is 2.57. The second kappa shape index (κ2) is 8.55. The third kappa shape index (κ3) is 4.62. The highest BCUT2D eigenvalue weighted by molar-refractivity contribution is 5.92. The molecule has 0 unspecified atom stereocenters. The average Bonchev–Trinajstić information content (AvgIpc) is 3.15. The first-order valence-corrected chi connectivity index (χ1v) is 9.82. The fourth-order valence-electron chi connectivity index (χ4n) is 4.20. The molecule has 0 bridgehead atoms. The summed E-state index contributed by atoms with van der Waals surface area (Å²) in [5.74, 6) is -0.981. The van der Waals surface area contributed by atoms with E-state index in [-0.39, 0.29) is 29.6 Å². The number of hydrogen-bond donors (Lipinski definition) is 1. The van der Waals surface area contributed by atoms with Gasteiger partial charge in [0.2, 0.25) is 0 Å². The first-order valence-electron chi connectivity index (χ1n) is 9.82. The van der Waals surface area contributed by atoms with Gasteiger partial charge in [0.25, 0.3) is 0 Å². The molecule has 0 radical (unpaired) electrons. The molecule has 3 rings (SSSR count). The van der Waals surface area contributed by atoms with Crippen LogP contribution in [0.5, 0.6) is 0 Å². The Morgan fingerprint density at radius 2 is 1.83 bits per heavy atom. The van der Waals surface area contributed by atoms with Crippen molar-refractivity contribution in [2.24, 2.45) is 17.3 Å². The van der Waals surface area contributed by atoms with E-state index in [2.05, 4.69) is 19.2 Å². The highest BCUT2D eigenvalue weighted by atomic mass is 16.7. The fourth-order valence-corrected chi connectivity index (χ4v) is 4.20. The molecule has 1 aliphatic carbocycles. The van der Waals surface area contributed by atoms with Crippen LogP contribution in [0, 0.1) is 17.3 Å². The summed E-state index contributed by atoms with van der Waals surface area (Å²) in [6, 6.07) is 9.33. The van der Waals surface area contributed by atoms with Gasteiger partial charge in [0.15, 0.2) is 5.79 Å². The number of hydrogen-bond acceptors (Lipinski definition) is 6. The van der Waals surface area contributed by atoms with E-state index in [1.54, 1.807) is 6.08 Å². The maximum Gasteiger partial charge on any atom is 0.412 e. The maximum atomic E-state index is 12.2. The van der Waals surface area contributed by atoms with Crippen LogP contribution in [0.2, 0.25) is 0 Å². The molecule has 0 spiro atoms. The number of carbonyl (C=O) groups is 2. The number of ether oxygens (including phenoxy) is 4. The van der Waals surface area contributed by atoms with E-state index >= 15 is 0 Å². The average molecular weight is 403 g/mol. The van der Waals surface area contributed by atoms with Crippen LogP contribution in [0.25, 0.3) is 0 Å². The van der Waals surface area contributed by atoms with Gasteiger partial charge < -0.3 is 18.9 Å². The van der Waals surface area contributed by atoms with E-state index < -0.39 is 17.8 Å². The van der Waals surface area contributed by atoms with Gasteiger partial charge in [-0.3, -0.25) is 5.32 Å². The lowest BCUT2D eigenvalue weighted by Crippen LogP contribution is -2.56. The zero-order valence-corrected chi connectivity index (χ0v) is 17.4. The van der Waals surface area contributed by atoms with Crippen molar-refractivity contribution in [3.63, 3.8) is 0 Å². The molecule has 29 heavy (non-hydrogen) atoms. The van der Waals surface area contributed by atoms with E-state index in [4.69, 9.17) is 18.9 Å². The monoisotopic (exact) mass is 403 g/mol. The molecule has 1 N–H and O–H groups in total. The maximum absolute atomic E-state index is 12.2. The molecule has 2 fully saturated rings. The summed E-state index contributed by atoms with van der Waals surface area (Å²) in [5.41, 5.74) is 0.771. The van der Waals surface area contributed by atoms with Crippen molar-refractivity contribution < 1.29 is 28.5 Å². The van der Waals surface area contributed by atoms with Crippen molar-refractivity contribution in [1.82, 2.24) is 5.32 Å². The van der Waals surface area contributed by atoms with Crippen molar-refractivity contribution in [1.29, 1.82) is 0 Å². The Bertz CT molecular complexity index is 767. The summed E-state index contributed by atoms with van der Waals surface area (Å²) < 4.78 is 21.7. The number of allylic oxidation sites excluding steroid dienone is 1. The second-order valence-electron chi connectivity index (χ2n) is 8.19. The molecular weight excluding hydrogens is 374 g/mol. The van der Waals surface area contributed by atoms with Gasteiger partial charge in [-0.2, -0.15) is 0 Å². The number of rotatable bonds is 6. The van der Waals surface area contributed by atoms with E-state index in [0.717, 1.165) is 12.0 Å². The summed E-state index contributed by atoms with van der Waals surface area (Å²) in [5, 5.41) is 2.53. The highest BCUT2D eigenvalue weighted by Crippen LogP contribution is 2.58. The minimum Gasteiger partial charge on any atom is -0.464 e. The second-order valence-corrected chi connectivity index (χ2v) is 8.19. The summed E-state index contributed by atoms with van der Waals surface area (Å²) in [7, 11) is 1.28. The van der Waals surface area contributed by atoms with Gasteiger partial charge in [0, 0.05) is 5.92 Å². The Balaban J connectivity index is 1.65. The van der Waals surface area contributed by atoms with Crippen molar-refractivity contribution in [2.75, 3.05) is 20.3 Å². The molecule has 1 heterocycles. The van der Waals surface area contributed by atoms with Crippen LogP contribution in [0.3, 0.4) is 0 Å². The Morgan fingerprint density at radius 1 is 1.17 bits per heavy atom. The first kappa shape index (κ1) is 21.3. The zero-order chi connectivity index (χ0) is 21.1. The lowest BCUT2D eigenvalue weighted by molar-refractivity contribution is -0.246. The van der Waals surface area contributed by atoms with Gasteiger partial charge in [-0.15, -0.1) is 0 Å². The standard InChI is InChI=1S/C22H29NO6/c1-21(2)16(13-18(21)22(3)28-10-11-29-22)12-17(19(24)26-4)23-20(25)27-14-15-8-6-5-7-9-15/h5-9,12,16,18H,10-11,13-14H2,1-4H3,(H,23,25)/b17-12-/t16-,18-/m1/s1. The molecule has 1 aromatic carbocycles. The predicted molar refractivity (Wildman–Crippen MR) is 106 cm³/mol. The fraction of sp³-hybridized carbons (Fsp3) is 0.545. The minimum atomic E-state index is -0.700. The van der Waals surface area contributed by atoms with Crippen LogP contribution < -0.4 is 5.32 Å². The zero-order valence-electron chi connectivity index (χ0n) is 17.4. The summed E-state index contributed by atoms with van der Waals surface area (Å²) >= 11 is 0. The van der Waals surface area contributed by atoms with E-state index in [0.29, 0.717) is 13.2 Å². The smallest absolute Gasteiger partial charge is 0.412 e. The van der Waals surface area contributed by atoms with Gasteiger partial charge in [-0.05, 0) is 36.3 Å². The number of alkyl carbamates (subject to hydrolysis) is 1. The Kier molecular flexibility index (Phi) is 6.29. The Morgan fingerprint density at radius 3 is 2.41 bits per heavy atom. The molecule has 158 valence electrons. The number of esters is 1. The Hall–Kier alpha value is -2.38. The van der Waals surface area contributed by atoms with E-state index in [1.807, 2.05) is 37.3 Å². The number of carbonyl (C=O) groups excluding carboxylic acids is 2. The van der Waals surface area contributed by atoms with Gasteiger partial charge in [-0.1, -0.05) is 44.2 Å². The molecular formula is C22H29NO6. The third-order valence-corrected chi connectivity index (χ3v) is 6.06. The van der Waals surface area contributed by atoms with Crippen molar-refractivity contribution >= 4 is 12.1 Å². The minimum absolute atomic E-state index is 0.0562. The van der Waals surface area contributed by atoms with Gasteiger partial charge in [-0.25, -0.2) is 9.59 Å². The van der Waals surface area contributed by atoms with Crippen LogP contribution in [-0.4, -0.2) is 38.2 Å². The summed E-state index contributed by atoms with van der Waals surface area (Å²) in [6.07, 6.45) is 1.84. The summed E-state index contributed by atoms with van der Waals surface area (Å²) in [6.45, 7) is 7.48. The largest absolute Gasteiger partial charge is 0.464 e. The van der Waals surface area contributed by atoms with Gasteiger partial charge >= 0.3 is 12.1 Å². The van der Waals surface area contributed by atoms with Gasteiger partial charge in [0.05, 0.1) is 20.3 Å². The number of amides is 1. The molecule has 2 atom stereocenters. The number of nitrogens with one attached hydrogen (secondary N) is 1. The van der Waals surface area contributed by atoms with Crippen LogP contribution in [0.4, 0.5) is 4.79 Å². The molecule has 7 heteroatoms. The molecule has 2 aliphatic rings. The van der Waals surface area contributed by atoms with Crippen LogP contribution in [0.1, 0.15) is 32.8 Å². The quantitative estimate of drug-likeness (QED) is 0.579. The molecule has 1 saturated heterocycles. The van der Waals surface area contributed by atoms with Crippen LogP contribution in [-0.2, 0) is 30.3 Å². The predicted octanol–water partition coefficient (Wildman–Crippen LogP) is 3.40. The van der Waals surface area contributed by atoms with E-state index in [1.165, 1.54) is 7.11 Å². The van der Waals surface area contributed by atoms with E-state index in [9.17, 15) is 9.59 Å². The lowest BCUT2D eigenvalue weighted by Gasteiger charge is -2.56. The lowest BCUT2D eigenvalue weighted by atomic mass is 9.52. The molecule has 0 aromatic heterocycles. The van der Waals surface area contributed by atoms with Crippen molar-refractivity contribution in [2.45, 2.75) is 39.6 Å². The molecule has 1 saturated carbocycles. The SMILES string of the molecule is COC(=O)/C(=C/[C@@H]1C[C@@H](C2(C)OCCO2)C1(C)C)NC(=O)OCc1ccccc1. The van der Waals surface area contributed by atoms with Crippen LogP contribution >= 0.6 is 0 Å². The molecule has 1 amide bonds. The van der Waals surface area contributed by atoms with Gasteiger partial charge in [0.1, 0.15) is 12.3 Å².